The number of nitrogens with two attached hydrogens (primary N) is 1. The summed E-state index contributed by atoms with van der Waals surface area (Å²) in [4.78, 5) is 7.54. The SMILES string of the molecule is NC(CN1CCCCC1)c1noc(-c2sccc2Cl)n1. The van der Waals surface area contributed by atoms with Crippen molar-refractivity contribution in [1.29, 1.82) is 0 Å². The summed E-state index contributed by atoms with van der Waals surface area (Å²) in [6, 6.07) is 1.60. The van der Waals surface area contributed by atoms with Gasteiger partial charge in [-0.05, 0) is 37.4 Å². The van der Waals surface area contributed by atoms with E-state index in [4.69, 9.17) is 21.9 Å². The molecule has 20 heavy (non-hydrogen) atoms. The van der Waals surface area contributed by atoms with Crippen LogP contribution in [0.15, 0.2) is 16.0 Å². The summed E-state index contributed by atoms with van der Waals surface area (Å²) in [7, 11) is 0. The molecule has 5 nitrogen and oxygen atoms in total. The van der Waals surface area contributed by atoms with Crippen molar-refractivity contribution < 1.29 is 4.52 Å². The molecule has 1 saturated heterocycles. The van der Waals surface area contributed by atoms with Gasteiger partial charge < -0.3 is 15.2 Å². The third-order valence-electron chi connectivity index (χ3n) is 3.49. The molecule has 1 unspecified atom stereocenters. The van der Waals surface area contributed by atoms with Gasteiger partial charge in [-0.15, -0.1) is 11.3 Å². The zero-order chi connectivity index (χ0) is 13.9. The van der Waals surface area contributed by atoms with Crippen molar-refractivity contribution >= 4 is 22.9 Å². The van der Waals surface area contributed by atoms with E-state index in [1.165, 1.54) is 30.6 Å². The Kier molecular flexibility index (Phi) is 4.35. The summed E-state index contributed by atoms with van der Waals surface area (Å²) in [5, 5.41) is 6.52. The van der Waals surface area contributed by atoms with Crippen LogP contribution in [0.5, 0.6) is 0 Å². The molecule has 0 radical (unpaired) electrons. The minimum Gasteiger partial charge on any atom is -0.333 e. The van der Waals surface area contributed by atoms with Gasteiger partial charge >= 0.3 is 0 Å². The first kappa shape index (κ1) is 14.0. The first-order chi connectivity index (χ1) is 9.74. The maximum atomic E-state index is 6.17. The second-order valence-electron chi connectivity index (χ2n) is 5.02. The molecule has 0 saturated carbocycles. The minimum absolute atomic E-state index is 0.218. The van der Waals surface area contributed by atoms with Crippen molar-refractivity contribution in [3.8, 4) is 10.8 Å². The van der Waals surface area contributed by atoms with Gasteiger partial charge in [0.05, 0.1) is 11.1 Å². The molecule has 1 atom stereocenters. The molecule has 1 aliphatic heterocycles. The van der Waals surface area contributed by atoms with E-state index in [2.05, 4.69) is 15.0 Å². The van der Waals surface area contributed by atoms with E-state index < -0.39 is 0 Å². The molecule has 2 aromatic heterocycles. The Hall–Kier alpha value is -0.950. The van der Waals surface area contributed by atoms with Crippen LogP contribution in [-0.2, 0) is 0 Å². The summed E-state index contributed by atoms with van der Waals surface area (Å²) < 4.78 is 5.27. The normalized spacial score (nSPS) is 18.3. The third-order valence-corrected chi connectivity index (χ3v) is 4.82. The van der Waals surface area contributed by atoms with E-state index in [1.54, 1.807) is 0 Å². The van der Waals surface area contributed by atoms with Crippen LogP contribution in [0.3, 0.4) is 0 Å². The summed E-state index contributed by atoms with van der Waals surface area (Å²) in [6.45, 7) is 2.99. The lowest BCUT2D eigenvalue weighted by Gasteiger charge is -2.27. The lowest BCUT2D eigenvalue weighted by molar-refractivity contribution is 0.213. The Labute approximate surface area is 126 Å². The Morgan fingerprint density at radius 3 is 2.90 bits per heavy atom. The highest BCUT2D eigenvalue weighted by atomic mass is 35.5. The number of halogens is 1. The Morgan fingerprint density at radius 2 is 2.20 bits per heavy atom. The van der Waals surface area contributed by atoms with E-state index in [9.17, 15) is 0 Å². The van der Waals surface area contributed by atoms with Gasteiger partial charge in [0.25, 0.3) is 5.89 Å². The molecule has 1 aliphatic rings. The fourth-order valence-electron chi connectivity index (χ4n) is 2.43. The summed E-state index contributed by atoms with van der Waals surface area (Å²) in [5.41, 5.74) is 6.17. The van der Waals surface area contributed by atoms with Crippen LogP contribution in [0.2, 0.25) is 5.02 Å². The number of hydrogen-bond acceptors (Lipinski definition) is 6. The molecule has 7 heteroatoms. The van der Waals surface area contributed by atoms with E-state index in [-0.39, 0.29) is 6.04 Å². The van der Waals surface area contributed by atoms with Gasteiger partial charge in [0.15, 0.2) is 5.82 Å². The zero-order valence-corrected chi connectivity index (χ0v) is 12.7. The molecule has 0 amide bonds. The van der Waals surface area contributed by atoms with Crippen LogP contribution >= 0.6 is 22.9 Å². The first-order valence-corrected chi connectivity index (χ1v) is 8.04. The standard InChI is InChI=1S/C13H17ClN4OS/c14-9-4-7-20-11(9)13-16-12(17-19-13)10(15)8-18-5-2-1-3-6-18/h4,7,10H,1-3,5-6,8,15H2. The predicted molar refractivity (Wildman–Crippen MR) is 79.8 cm³/mol. The summed E-state index contributed by atoms with van der Waals surface area (Å²) >= 11 is 7.55. The van der Waals surface area contributed by atoms with Crippen molar-refractivity contribution in [3.63, 3.8) is 0 Å². The molecular weight excluding hydrogens is 296 g/mol. The average Bonchev–Trinajstić information content (AvgIpc) is 3.08. The highest BCUT2D eigenvalue weighted by molar-refractivity contribution is 7.14. The summed E-state index contributed by atoms with van der Waals surface area (Å²) in [6.07, 6.45) is 3.80. The van der Waals surface area contributed by atoms with Gasteiger partial charge in [0.1, 0.15) is 4.88 Å². The van der Waals surface area contributed by atoms with Gasteiger partial charge in [0, 0.05) is 6.54 Å². The molecule has 3 rings (SSSR count). The molecule has 2 N–H and O–H groups in total. The quantitative estimate of drug-likeness (QED) is 0.940. The Bertz CT molecular complexity index is 564. The molecule has 108 valence electrons. The molecule has 0 spiro atoms. The monoisotopic (exact) mass is 312 g/mol. The van der Waals surface area contributed by atoms with Crippen molar-refractivity contribution in [2.75, 3.05) is 19.6 Å². The van der Waals surface area contributed by atoms with Crippen molar-refractivity contribution in [1.82, 2.24) is 15.0 Å². The Morgan fingerprint density at radius 1 is 1.40 bits per heavy atom. The Balaban J connectivity index is 1.68. The molecule has 1 fully saturated rings. The van der Waals surface area contributed by atoms with Crippen LogP contribution in [0.1, 0.15) is 31.1 Å². The number of hydrogen-bond donors (Lipinski definition) is 1. The van der Waals surface area contributed by atoms with Crippen LogP contribution in [-0.4, -0.2) is 34.7 Å². The second kappa shape index (κ2) is 6.22. The van der Waals surface area contributed by atoms with Crippen LogP contribution in [0.4, 0.5) is 0 Å². The molecule has 0 aromatic carbocycles. The van der Waals surface area contributed by atoms with Crippen LogP contribution in [0, 0.1) is 0 Å². The maximum absolute atomic E-state index is 6.17. The van der Waals surface area contributed by atoms with Crippen molar-refractivity contribution in [2.24, 2.45) is 5.73 Å². The number of rotatable bonds is 4. The number of thiophene rings is 1. The predicted octanol–water partition coefficient (Wildman–Crippen LogP) is 2.94. The van der Waals surface area contributed by atoms with E-state index in [0.717, 1.165) is 24.5 Å². The molecule has 0 aliphatic carbocycles. The smallest absolute Gasteiger partial charge is 0.269 e. The second-order valence-corrected chi connectivity index (χ2v) is 6.35. The topological polar surface area (TPSA) is 68.2 Å². The fourth-order valence-corrected chi connectivity index (χ4v) is 3.48. The molecule has 2 aromatic rings. The third kappa shape index (κ3) is 3.03. The van der Waals surface area contributed by atoms with E-state index in [1.807, 2.05) is 11.4 Å². The minimum atomic E-state index is -0.218. The van der Waals surface area contributed by atoms with E-state index in [0.29, 0.717) is 16.7 Å². The van der Waals surface area contributed by atoms with Gasteiger partial charge in [-0.2, -0.15) is 4.98 Å². The molecule has 0 bridgehead atoms. The van der Waals surface area contributed by atoms with Gasteiger partial charge in [-0.3, -0.25) is 0 Å². The van der Waals surface area contributed by atoms with Crippen LogP contribution in [0.25, 0.3) is 10.8 Å². The van der Waals surface area contributed by atoms with E-state index >= 15 is 0 Å². The molecular formula is C13H17ClN4OS. The lowest BCUT2D eigenvalue weighted by atomic mass is 10.1. The number of likely N-dealkylation sites (tertiary alicyclic amines) is 1. The number of nitrogens with zero attached hydrogens (tertiary/aromatic N) is 3. The number of aromatic nitrogens is 2. The maximum Gasteiger partial charge on any atom is 0.269 e. The number of piperidine rings is 1. The van der Waals surface area contributed by atoms with Crippen LogP contribution < -0.4 is 5.73 Å². The highest BCUT2D eigenvalue weighted by Crippen LogP contribution is 2.32. The van der Waals surface area contributed by atoms with Crippen molar-refractivity contribution in [2.45, 2.75) is 25.3 Å². The highest BCUT2D eigenvalue weighted by Gasteiger charge is 2.20. The summed E-state index contributed by atoms with van der Waals surface area (Å²) in [5.74, 6) is 1.00. The average molecular weight is 313 g/mol. The zero-order valence-electron chi connectivity index (χ0n) is 11.1. The lowest BCUT2D eigenvalue weighted by Crippen LogP contribution is -2.36. The van der Waals surface area contributed by atoms with Gasteiger partial charge in [-0.25, -0.2) is 0 Å². The fraction of sp³-hybridized carbons (Fsp3) is 0.538. The first-order valence-electron chi connectivity index (χ1n) is 6.79. The van der Waals surface area contributed by atoms with Crippen molar-refractivity contribution in [3.05, 3.63) is 22.3 Å². The molecule has 3 heterocycles. The van der Waals surface area contributed by atoms with Gasteiger partial charge in [0.2, 0.25) is 0 Å². The van der Waals surface area contributed by atoms with Gasteiger partial charge in [-0.1, -0.05) is 23.2 Å². The largest absolute Gasteiger partial charge is 0.333 e.